The molecule has 1 N–H and O–H groups in total. The van der Waals surface area contributed by atoms with Gasteiger partial charge in [-0.1, -0.05) is 47.8 Å². The molecule has 0 aromatic rings. The summed E-state index contributed by atoms with van der Waals surface area (Å²) in [5, 5.41) is 2.53. The first-order valence-corrected chi connectivity index (χ1v) is 6.11. The van der Waals surface area contributed by atoms with Gasteiger partial charge < -0.3 is 14.8 Å². The number of alkyl halides is 3. The molecule has 0 heterocycles. The average molecular weight is 305 g/mol. The van der Waals surface area contributed by atoms with E-state index in [0.717, 1.165) is 0 Å². The summed E-state index contributed by atoms with van der Waals surface area (Å²) < 4.78 is 8.16. The van der Waals surface area contributed by atoms with Crippen LogP contribution in [0.5, 0.6) is 0 Å². The lowest BCUT2D eigenvalue weighted by Gasteiger charge is -2.25. The molecule has 7 heteroatoms. The molecule has 100 valence electrons. The Morgan fingerprint density at radius 1 is 1.53 bits per heavy atom. The Bertz CT molecular complexity index is 256. The normalized spacial score (nSPS) is 15.1. The van der Waals surface area contributed by atoms with E-state index in [9.17, 15) is 4.79 Å². The van der Waals surface area contributed by atoms with Crippen LogP contribution in [0.1, 0.15) is 13.3 Å². The van der Waals surface area contributed by atoms with E-state index in [0.29, 0.717) is 6.42 Å². The second-order valence-corrected chi connectivity index (χ2v) is 5.53. The maximum absolute atomic E-state index is 11.5. The topological polar surface area (TPSA) is 47.6 Å². The molecule has 0 aliphatic heterocycles. The summed E-state index contributed by atoms with van der Waals surface area (Å²) in [6, 6.07) is -0.446. The predicted molar refractivity (Wildman–Crippen MR) is 69.5 cm³/mol. The molecular weight excluding hydrogens is 288 g/mol. The Morgan fingerprint density at radius 3 is 2.47 bits per heavy atom. The quantitative estimate of drug-likeness (QED) is 0.446. The van der Waals surface area contributed by atoms with E-state index >= 15 is 0 Å². The van der Waals surface area contributed by atoms with Crippen molar-refractivity contribution in [1.29, 1.82) is 0 Å². The standard InChI is InChI=1S/C10H16Cl3NO3/c1-4-7(8(5-2)17-6-16-3)14-9(15)10(11,12)13/h4,7-8H,1,5-6H2,2-3H3,(H,14,15)/t7-,8+/m0/s1. The summed E-state index contributed by atoms with van der Waals surface area (Å²) in [7, 11) is 1.51. The first-order chi connectivity index (χ1) is 7.86. The molecule has 0 saturated heterocycles. The lowest BCUT2D eigenvalue weighted by Crippen LogP contribution is -2.47. The molecule has 0 fully saturated rings. The molecule has 4 nitrogen and oxygen atoms in total. The fourth-order valence-corrected chi connectivity index (χ4v) is 1.33. The second-order valence-electron chi connectivity index (χ2n) is 3.25. The molecule has 0 aliphatic rings. The van der Waals surface area contributed by atoms with Gasteiger partial charge in [0.05, 0.1) is 12.1 Å². The van der Waals surface area contributed by atoms with Crippen molar-refractivity contribution in [2.45, 2.75) is 29.3 Å². The first-order valence-electron chi connectivity index (χ1n) is 4.97. The summed E-state index contributed by atoms with van der Waals surface area (Å²) in [5.74, 6) is -0.716. The highest BCUT2D eigenvalue weighted by Gasteiger charge is 2.33. The van der Waals surface area contributed by atoms with Crippen molar-refractivity contribution in [1.82, 2.24) is 5.32 Å². The number of amides is 1. The summed E-state index contributed by atoms with van der Waals surface area (Å²) >= 11 is 16.4. The fraction of sp³-hybridized carbons (Fsp3) is 0.700. The minimum Gasteiger partial charge on any atom is -0.359 e. The summed E-state index contributed by atoms with van der Waals surface area (Å²) in [4.78, 5) is 11.5. The van der Waals surface area contributed by atoms with E-state index in [-0.39, 0.29) is 12.9 Å². The zero-order valence-electron chi connectivity index (χ0n) is 9.71. The monoisotopic (exact) mass is 303 g/mol. The molecule has 0 saturated carbocycles. The van der Waals surface area contributed by atoms with Crippen molar-refractivity contribution in [3.8, 4) is 0 Å². The van der Waals surface area contributed by atoms with Crippen molar-refractivity contribution >= 4 is 40.7 Å². The van der Waals surface area contributed by atoms with E-state index in [1.807, 2.05) is 6.92 Å². The Morgan fingerprint density at radius 2 is 2.12 bits per heavy atom. The van der Waals surface area contributed by atoms with Crippen molar-refractivity contribution < 1.29 is 14.3 Å². The number of halogens is 3. The molecule has 2 atom stereocenters. The van der Waals surface area contributed by atoms with Crippen LogP contribution in [0.2, 0.25) is 0 Å². The highest BCUT2D eigenvalue weighted by molar-refractivity contribution is 6.76. The van der Waals surface area contributed by atoms with Gasteiger partial charge in [0, 0.05) is 7.11 Å². The third-order valence-corrected chi connectivity index (χ3v) is 2.53. The Labute approximate surface area is 116 Å². The van der Waals surface area contributed by atoms with Crippen LogP contribution in [0.4, 0.5) is 0 Å². The summed E-state index contributed by atoms with van der Waals surface area (Å²) in [6.07, 6.45) is 1.89. The molecular formula is C10H16Cl3NO3. The number of nitrogens with one attached hydrogen (secondary N) is 1. The van der Waals surface area contributed by atoms with Gasteiger partial charge in [-0.15, -0.1) is 6.58 Å². The van der Waals surface area contributed by atoms with Gasteiger partial charge in [-0.25, -0.2) is 0 Å². The second kappa shape index (κ2) is 8.16. The number of hydrogen-bond donors (Lipinski definition) is 1. The molecule has 0 rings (SSSR count). The van der Waals surface area contributed by atoms with Crippen molar-refractivity contribution in [2.24, 2.45) is 0 Å². The largest absolute Gasteiger partial charge is 0.359 e. The number of carbonyl (C=O) groups is 1. The van der Waals surface area contributed by atoms with Gasteiger partial charge in [0.25, 0.3) is 9.70 Å². The first kappa shape index (κ1) is 17.0. The molecule has 0 unspecified atom stereocenters. The van der Waals surface area contributed by atoms with Crippen molar-refractivity contribution in [3.63, 3.8) is 0 Å². The number of carbonyl (C=O) groups excluding carboxylic acids is 1. The molecule has 0 aliphatic carbocycles. The van der Waals surface area contributed by atoms with Gasteiger partial charge in [0.15, 0.2) is 0 Å². The van der Waals surface area contributed by atoms with Crippen molar-refractivity contribution in [3.05, 3.63) is 12.7 Å². The van der Waals surface area contributed by atoms with Gasteiger partial charge in [0.1, 0.15) is 6.79 Å². The van der Waals surface area contributed by atoms with Gasteiger partial charge in [0.2, 0.25) is 0 Å². The van der Waals surface area contributed by atoms with Crippen LogP contribution in [0.15, 0.2) is 12.7 Å². The Balaban J connectivity index is 4.48. The summed E-state index contributed by atoms with van der Waals surface area (Å²) in [5.41, 5.74) is 0. The summed E-state index contributed by atoms with van der Waals surface area (Å²) in [6.45, 7) is 5.63. The Kier molecular flexibility index (Phi) is 8.16. The number of ether oxygens (including phenoxy) is 2. The SMILES string of the molecule is C=C[C@H](NC(=O)C(Cl)(Cl)Cl)[C@@H](CC)OCOC. The van der Waals surface area contributed by atoms with Gasteiger partial charge in [-0.3, -0.25) is 4.79 Å². The van der Waals surface area contributed by atoms with Crippen LogP contribution in [-0.2, 0) is 14.3 Å². The Hall–Kier alpha value is -0.0000000000000000416. The van der Waals surface area contributed by atoms with E-state index in [1.165, 1.54) is 13.2 Å². The zero-order chi connectivity index (χ0) is 13.5. The van der Waals surface area contributed by atoms with Gasteiger partial charge >= 0.3 is 0 Å². The molecule has 1 amide bonds. The van der Waals surface area contributed by atoms with Gasteiger partial charge in [-0.05, 0) is 6.42 Å². The predicted octanol–water partition coefficient (Wildman–Crippen LogP) is 2.43. The molecule has 0 aromatic heterocycles. The molecule has 0 bridgehead atoms. The van der Waals surface area contributed by atoms with E-state index in [1.54, 1.807) is 0 Å². The number of methoxy groups -OCH3 is 1. The van der Waals surface area contributed by atoms with Crippen LogP contribution >= 0.6 is 34.8 Å². The highest BCUT2D eigenvalue weighted by atomic mass is 35.6. The van der Waals surface area contributed by atoms with Crippen LogP contribution < -0.4 is 5.32 Å². The molecule has 0 radical (unpaired) electrons. The van der Waals surface area contributed by atoms with Crippen LogP contribution in [-0.4, -0.2) is 35.7 Å². The van der Waals surface area contributed by atoms with Crippen LogP contribution in [0.25, 0.3) is 0 Å². The van der Waals surface area contributed by atoms with E-state index in [4.69, 9.17) is 44.3 Å². The van der Waals surface area contributed by atoms with Crippen LogP contribution in [0, 0.1) is 0 Å². The highest BCUT2D eigenvalue weighted by Crippen LogP contribution is 2.26. The third-order valence-electron chi connectivity index (χ3n) is 2.01. The van der Waals surface area contributed by atoms with E-state index < -0.39 is 15.7 Å². The minimum absolute atomic E-state index is 0.118. The van der Waals surface area contributed by atoms with Crippen molar-refractivity contribution in [2.75, 3.05) is 13.9 Å². The number of rotatable bonds is 7. The number of hydrogen-bond acceptors (Lipinski definition) is 3. The molecule has 17 heavy (non-hydrogen) atoms. The fourth-order valence-electron chi connectivity index (χ4n) is 1.17. The maximum Gasteiger partial charge on any atom is 0.272 e. The molecule has 0 spiro atoms. The smallest absolute Gasteiger partial charge is 0.272 e. The van der Waals surface area contributed by atoms with Gasteiger partial charge in [-0.2, -0.15) is 0 Å². The minimum atomic E-state index is -2.00. The lowest BCUT2D eigenvalue weighted by atomic mass is 10.1. The molecule has 0 aromatic carbocycles. The maximum atomic E-state index is 11.5. The lowest BCUT2D eigenvalue weighted by molar-refractivity contribution is -0.123. The average Bonchev–Trinajstić information content (AvgIpc) is 2.26. The van der Waals surface area contributed by atoms with Crippen LogP contribution in [0.3, 0.4) is 0 Å². The zero-order valence-corrected chi connectivity index (χ0v) is 12.0. The van der Waals surface area contributed by atoms with E-state index in [2.05, 4.69) is 11.9 Å². The third kappa shape index (κ3) is 6.48.